The Kier molecular flexibility index (Phi) is 5.42. The number of benzene rings is 2. The molecule has 1 saturated heterocycles. The van der Waals surface area contributed by atoms with E-state index in [0.29, 0.717) is 34.0 Å². The van der Waals surface area contributed by atoms with Crippen molar-refractivity contribution < 1.29 is 9.13 Å². The summed E-state index contributed by atoms with van der Waals surface area (Å²) in [6.45, 7) is 3.45. The van der Waals surface area contributed by atoms with Crippen LogP contribution in [0.2, 0.25) is 5.02 Å². The van der Waals surface area contributed by atoms with Gasteiger partial charge >= 0.3 is 0 Å². The van der Waals surface area contributed by atoms with Crippen LogP contribution < -0.4 is 10.9 Å². The van der Waals surface area contributed by atoms with Crippen molar-refractivity contribution in [3.05, 3.63) is 68.8 Å². The van der Waals surface area contributed by atoms with Gasteiger partial charge in [0.2, 0.25) is 0 Å². The molecule has 0 radical (unpaired) electrons. The molecule has 1 fully saturated rings. The molecule has 0 unspecified atom stereocenters. The van der Waals surface area contributed by atoms with Gasteiger partial charge in [-0.3, -0.25) is 4.79 Å². The molecule has 5 rings (SSSR count). The number of methoxy groups -OCH3 is 1. The number of rotatable bonds is 5. The Morgan fingerprint density at radius 1 is 1.32 bits per heavy atom. The molecule has 2 aromatic carbocycles. The maximum absolute atomic E-state index is 14.4. The minimum atomic E-state index is -0.444. The second-order valence-corrected chi connectivity index (χ2v) is 8.73. The molecule has 2 N–H and O–H groups in total. The molecule has 6 nitrogen and oxygen atoms in total. The lowest BCUT2D eigenvalue weighted by molar-refractivity contribution is 0.158. The first-order chi connectivity index (χ1) is 15.1. The third kappa shape index (κ3) is 3.60. The van der Waals surface area contributed by atoms with Gasteiger partial charge in [-0.25, -0.2) is 9.49 Å². The van der Waals surface area contributed by atoms with Crippen LogP contribution in [0.4, 0.5) is 10.1 Å². The summed E-state index contributed by atoms with van der Waals surface area (Å²) in [4.78, 5) is 14.8. The first kappa shape index (κ1) is 20.4. The summed E-state index contributed by atoms with van der Waals surface area (Å²) in [6.07, 6.45) is 0.999. The Bertz CT molecular complexity index is 1180. The van der Waals surface area contributed by atoms with Crippen LogP contribution in [0, 0.1) is 11.7 Å². The molecule has 0 spiro atoms. The minimum absolute atomic E-state index is 0.0386. The molecule has 0 bridgehead atoms. The number of ether oxygens (including phenoxy) is 1. The van der Waals surface area contributed by atoms with Crippen molar-refractivity contribution in [3.8, 4) is 0 Å². The van der Waals surface area contributed by atoms with Crippen molar-refractivity contribution in [3.63, 3.8) is 0 Å². The molecule has 3 atom stereocenters. The SMILES string of the molecule is COCCN1CC[C@@H]([C@H]2Nc3cc(F)cc4c(=O)[nH]nc(c34)[C@@H]2c2ccccc2Cl)C1. The van der Waals surface area contributed by atoms with Crippen LogP contribution in [0.15, 0.2) is 41.2 Å². The maximum atomic E-state index is 14.4. The van der Waals surface area contributed by atoms with E-state index in [2.05, 4.69) is 20.4 Å². The zero-order valence-electron chi connectivity index (χ0n) is 17.2. The third-order valence-corrected chi connectivity index (χ3v) is 6.87. The largest absolute Gasteiger partial charge is 0.383 e. The first-order valence-electron chi connectivity index (χ1n) is 10.5. The van der Waals surface area contributed by atoms with Crippen molar-refractivity contribution in [2.24, 2.45) is 5.92 Å². The number of hydrogen-bond donors (Lipinski definition) is 2. The predicted molar refractivity (Wildman–Crippen MR) is 119 cm³/mol. The Hall–Kier alpha value is -2.48. The van der Waals surface area contributed by atoms with Gasteiger partial charge in [0.15, 0.2) is 0 Å². The highest BCUT2D eigenvalue weighted by Gasteiger charge is 2.41. The quantitative estimate of drug-likeness (QED) is 0.631. The average Bonchev–Trinajstić information content (AvgIpc) is 3.23. The van der Waals surface area contributed by atoms with E-state index in [9.17, 15) is 9.18 Å². The van der Waals surface area contributed by atoms with Gasteiger partial charge in [-0.15, -0.1) is 0 Å². The van der Waals surface area contributed by atoms with E-state index in [1.165, 1.54) is 12.1 Å². The van der Waals surface area contributed by atoms with Crippen LogP contribution in [-0.4, -0.2) is 54.5 Å². The van der Waals surface area contributed by atoms with Gasteiger partial charge in [0.05, 0.1) is 23.6 Å². The fraction of sp³-hybridized carbons (Fsp3) is 0.391. The van der Waals surface area contributed by atoms with E-state index in [-0.39, 0.29) is 12.0 Å². The van der Waals surface area contributed by atoms with Crippen molar-refractivity contribution >= 4 is 28.1 Å². The highest BCUT2D eigenvalue weighted by molar-refractivity contribution is 6.31. The Labute approximate surface area is 184 Å². The molecule has 31 heavy (non-hydrogen) atoms. The van der Waals surface area contributed by atoms with Gasteiger partial charge in [0, 0.05) is 42.3 Å². The number of aromatic nitrogens is 2. The van der Waals surface area contributed by atoms with E-state index in [1.54, 1.807) is 7.11 Å². The van der Waals surface area contributed by atoms with Gasteiger partial charge in [-0.1, -0.05) is 29.8 Å². The molecule has 162 valence electrons. The van der Waals surface area contributed by atoms with Crippen molar-refractivity contribution in [2.45, 2.75) is 18.4 Å². The first-order valence-corrected chi connectivity index (χ1v) is 10.9. The normalized spacial score (nSPS) is 23.3. The lowest BCUT2D eigenvalue weighted by atomic mass is 9.77. The van der Waals surface area contributed by atoms with Gasteiger partial charge in [-0.2, -0.15) is 5.10 Å². The van der Waals surface area contributed by atoms with Gasteiger partial charge < -0.3 is 15.0 Å². The maximum Gasteiger partial charge on any atom is 0.272 e. The van der Waals surface area contributed by atoms with Crippen molar-refractivity contribution in [2.75, 3.05) is 38.7 Å². The summed E-state index contributed by atoms with van der Waals surface area (Å²) in [5, 5.41) is 12.2. The highest BCUT2D eigenvalue weighted by Crippen LogP contribution is 2.45. The number of nitrogens with zero attached hydrogens (tertiary/aromatic N) is 2. The second kappa shape index (κ2) is 8.22. The van der Waals surface area contributed by atoms with Crippen LogP contribution in [0.25, 0.3) is 10.8 Å². The van der Waals surface area contributed by atoms with E-state index in [4.69, 9.17) is 16.3 Å². The number of likely N-dealkylation sites (tertiary alicyclic amines) is 1. The number of nitrogens with one attached hydrogen (secondary N) is 2. The van der Waals surface area contributed by atoms with E-state index < -0.39 is 11.4 Å². The summed E-state index contributed by atoms with van der Waals surface area (Å²) < 4.78 is 19.6. The number of aromatic amines is 1. The summed E-state index contributed by atoms with van der Waals surface area (Å²) in [5.74, 6) is -0.308. The number of H-pyrrole nitrogens is 1. The summed E-state index contributed by atoms with van der Waals surface area (Å²) in [6, 6.07) is 10.4. The molecule has 0 amide bonds. The van der Waals surface area contributed by atoms with Crippen molar-refractivity contribution in [1.29, 1.82) is 0 Å². The number of hydrogen-bond acceptors (Lipinski definition) is 5. The van der Waals surface area contributed by atoms with E-state index in [0.717, 1.165) is 37.3 Å². The zero-order chi connectivity index (χ0) is 21.5. The fourth-order valence-corrected chi connectivity index (χ4v) is 5.35. The molecule has 0 aliphatic carbocycles. The van der Waals surface area contributed by atoms with Crippen LogP contribution in [0.5, 0.6) is 0 Å². The summed E-state index contributed by atoms with van der Waals surface area (Å²) >= 11 is 6.63. The number of anilines is 1. The predicted octanol–water partition coefficient (Wildman–Crippen LogP) is 3.61. The fourth-order valence-electron chi connectivity index (χ4n) is 5.10. The molecule has 1 aromatic heterocycles. The van der Waals surface area contributed by atoms with Gasteiger partial charge in [0.25, 0.3) is 5.56 Å². The second-order valence-electron chi connectivity index (χ2n) is 8.33. The van der Waals surface area contributed by atoms with Crippen LogP contribution in [0.3, 0.4) is 0 Å². The standard InChI is InChI=1S/C23H24ClFN4O2/c1-31-9-8-29-7-6-13(12-29)21-20(15-4-2-3-5-17(15)24)22-19-16(23(30)28-27-22)10-14(25)11-18(19)26-21/h2-5,10-11,13,20-21,26H,6-9,12H2,1H3,(H,28,30)/t13-,20-,21-/m1/s1. The molecule has 3 heterocycles. The lowest BCUT2D eigenvalue weighted by Crippen LogP contribution is -2.41. The monoisotopic (exact) mass is 442 g/mol. The summed E-state index contributed by atoms with van der Waals surface area (Å²) in [5.41, 5.74) is 1.90. The minimum Gasteiger partial charge on any atom is -0.383 e. The molecule has 2 aliphatic heterocycles. The Morgan fingerprint density at radius 3 is 2.97 bits per heavy atom. The molecular formula is C23H24ClFN4O2. The molecule has 8 heteroatoms. The van der Waals surface area contributed by atoms with Crippen LogP contribution in [0.1, 0.15) is 23.6 Å². The lowest BCUT2D eigenvalue weighted by Gasteiger charge is -2.38. The average molecular weight is 443 g/mol. The summed E-state index contributed by atoms with van der Waals surface area (Å²) in [7, 11) is 1.71. The Balaban J connectivity index is 1.64. The topological polar surface area (TPSA) is 70.2 Å². The van der Waals surface area contributed by atoms with Crippen molar-refractivity contribution in [1.82, 2.24) is 15.1 Å². The van der Waals surface area contributed by atoms with Crippen LogP contribution >= 0.6 is 11.6 Å². The van der Waals surface area contributed by atoms with Gasteiger partial charge in [0.1, 0.15) is 5.82 Å². The zero-order valence-corrected chi connectivity index (χ0v) is 18.0. The molecule has 3 aromatic rings. The number of halogens is 2. The molecular weight excluding hydrogens is 419 g/mol. The Morgan fingerprint density at radius 2 is 2.16 bits per heavy atom. The third-order valence-electron chi connectivity index (χ3n) is 6.53. The molecule has 0 saturated carbocycles. The molecule has 2 aliphatic rings. The smallest absolute Gasteiger partial charge is 0.272 e. The van der Waals surface area contributed by atoms with E-state index in [1.807, 2.05) is 24.3 Å². The van der Waals surface area contributed by atoms with Gasteiger partial charge in [-0.05, 0) is 42.6 Å². The van der Waals surface area contributed by atoms with Crippen LogP contribution in [-0.2, 0) is 4.74 Å². The highest BCUT2D eigenvalue weighted by atomic mass is 35.5. The van der Waals surface area contributed by atoms with E-state index >= 15 is 0 Å².